The molecule has 0 unspecified atom stereocenters. The van der Waals surface area contributed by atoms with Crippen LogP contribution in [-0.2, 0) is 11.3 Å². The highest BCUT2D eigenvalue weighted by molar-refractivity contribution is 9.10. The van der Waals surface area contributed by atoms with Crippen LogP contribution in [-0.4, -0.2) is 38.0 Å². The number of carboxylic acids is 1. The largest absolute Gasteiger partial charge is 0.508 e. The third-order valence-electron chi connectivity index (χ3n) is 4.14. The topological polar surface area (TPSA) is 144 Å². The van der Waals surface area contributed by atoms with Gasteiger partial charge in [-0.25, -0.2) is 9.78 Å². The monoisotopic (exact) mass is 484 g/mol. The number of hydrogen-bond donors (Lipinski definition) is 5. The lowest BCUT2D eigenvalue weighted by molar-refractivity contribution is -0.132. The van der Waals surface area contributed by atoms with Gasteiger partial charge < -0.3 is 25.8 Å². The Morgan fingerprint density at radius 2 is 1.94 bits per heavy atom. The number of amides is 2. The predicted molar refractivity (Wildman–Crippen MR) is 115 cm³/mol. The number of carbonyl (C=O) groups excluding carboxylic acids is 2. The summed E-state index contributed by atoms with van der Waals surface area (Å²) in [5, 5.41) is 23.9. The number of carbonyl (C=O) groups is 3. The minimum absolute atomic E-state index is 0.104. The zero-order chi connectivity index (χ0) is 22.4. The summed E-state index contributed by atoms with van der Waals surface area (Å²) in [6.07, 6.45) is 4.04. The van der Waals surface area contributed by atoms with Crippen LogP contribution in [0, 0.1) is 0 Å². The van der Waals surface area contributed by atoms with Crippen molar-refractivity contribution in [1.29, 1.82) is 0 Å². The summed E-state index contributed by atoms with van der Waals surface area (Å²) < 4.78 is 0.321. The zero-order valence-corrected chi connectivity index (χ0v) is 17.5. The summed E-state index contributed by atoms with van der Waals surface area (Å²) in [5.74, 6) is -2.25. The van der Waals surface area contributed by atoms with E-state index in [-0.39, 0.29) is 29.5 Å². The molecule has 3 aromatic rings. The molecule has 9 nitrogen and oxygen atoms in total. The van der Waals surface area contributed by atoms with Crippen molar-refractivity contribution in [3.63, 3.8) is 0 Å². The number of carboxylic acid groups (broad SMARTS) is 1. The molecule has 0 spiro atoms. The van der Waals surface area contributed by atoms with E-state index in [1.54, 1.807) is 18.2 Å². The Bertz CT molecular complexity index is 1160. The van der Waals surface area contributed by atoms with Crippen molar-refractivity contribution >= 4 is 39.8 Å². The number of benzene rings is 2. The molecule has 0 saturated heterocycles. The van der Waals surface area contributed by atoms with Crippen LogP contribution >= 0.6 is 15.9 Å². The Kier molecular flexibility index (Phi) is 6.83. The summed E-state index contributed by atoms with van der Waals surface area (Å²) in [6.45, 7) is 0.216. The molecule has 0 aliphatic heterocycles. The van der Waals surface area contributed by atoms with Crippen LogP contribution in [0.4, 0.5) is 0 Å². The van der Waals surface area contributed by atoms with E-state index < -0.39 is 11.9 Å². The first-order chi connectivity index (χ1) is 14.8. The number of nitrogens with zero attached hydrogens (tertiary/aromatic N) is 1. The van der Waals surface area contributed by atoms with Crippen molar-refractivity contribution in [3.05, 3.63) is 87.5 Å². The van der Waals surface area contributed by atoms with E-state index in [1.165, 1.54) is 42.9 Å². The van der Waals surface area contributed by atoms with Crippen molar-refractivity contribution in [1.82, 2.24) is 20.6 Å². The Morgan fingerprint density at radius 1 is 1.13 bits per heavy atom. The molecule has 5 N–H and O–H groups in total. The van der Waals surface area contributed by atoms with Crippen LogP contribution in [0.25, 0.3) is 6.08 Å². The Balaban J connectivity index is 1.69. The Hall–Kier alpha value is -3.92. The van der Waals surface area contributed by atoms with Crippen molar-refractivity contribution in [2.75, 3.05) is 0 Å². The normalized spacial score (nSPS) is 11.1. The summed E-state index contributed by atoms with van der Waals surface area (Å²) >= 11 is 3.25. The van der Waals surface area contributed by atoms with Crippen LogP contribution in [0.2, 0.25) is 0 Å². The first kappa shape index (κ1) is 21.8. The number of phenols is 1. The third kappa shape index (κ3) is 5.80. The van der Waals surface area contributed by atoms with E-state index >= 15 is 0 Å². The van der Waals surface area contributed by atoms with E-state index in [4.69, 9.17) is 0 Å². The molecule has 0 aliphatic carbocycles. The van der Waals surface area contributed by atoms with Gasteiger partial charge in [0.05, 0.1) is 23.8 Å². The molecule has 0 atom stereocenters. The average molecular weight is 485 g/mol. The molecule has 2 aromatic carbocycles. The van der Waals surface area contributed by atoms with Gasteiger partial charge in [-0.15, -0.1) is 0 Å². The van der Waals surface area contributed by atoms with Crippen molar-refractivity contribution < 1.29 is 24.6 Å². The van der Waals surface area contributed by atoms with E-state index in [0.717, 1.165) is 5.56 Å². The number of hydrogen-bond acceptors (Lipinski definition) is 5. The lowest BCUT2D eigenvalue weighted by Gasteiger charge is -2.10. The van der Waals surface area contributed by atoms with E-state index in [2.05, 4.69) is 36.5 Å². The van der Waals surface area contributed by atoms with Gasteiger partial charge >= 0.3 is 5.97 Å². The Labute approximate surface area is 185 Å². The number of aromatic amines is 1. The van der Waals surface area contributed by atoms with Gasteiger partial charge in [0.25, 0.3) is 11.8 Å². The third-order valence-corrected chi connectivity index (χ3v) is 4.79. The number of nitrogens with one attached hydrogen (secondary N) is 3. The highest BCUT2D eigenvalue weighted by Gasteiger charge is 2.17. The van der Waals surface area contributed by atoms with E-state index in [1.807, 2.05) is 0 Å². The van der Waals surface area contributed by atoms with Gasteiger partial charge in [-0.1, -0.05) is 12.1 Å². The molecule has 10 heteroatoms. The predicted octanol–water partition coefficient (Wildman–Crippen LogP) is 2.66. The number of aromatic nitrogens is 2. The SMILES string of the molecule is O=C(O)C(=Cc1cnc[nH]1)NC(=O)c1ccc(C(=O)NCc2cccc(O)c2)cc1Br. The first-order valence-electron chi connectivity index (χ1n) is 8.94. The van der Waals surface area contributed by atoms with Crippen molar-refractivity contribution in [2.24, 2.45) is 0 Å². The standard InChI is InChI=1S/C21H17BrN4O5/c22-17-7-13(19(28)24-9-12-2-1-3-15(27)6-12)4-5-16(17)20(29)26-18(21(30)31)8-14-10-23-11-25-14/h1-8,10-11,27H,9H2,(H,23,25)(H,24,28)(H,26,29)(H,30,31). The van der Waals surface area contributed by atoms with E-state index in [0.29, 0.717) is 15.7 Å². The van der Waals surface area contributed by atoms with Gasteiger partial charge in [-0.05, 0) is 57.9 Å². The quantitative estimate of drug-likeness (QED) is 0.326. The van der Waals surface area contributed by atoms with Crippen LogP contribution < -0.4 is 10.6 Å². The Morgan fingerprint density at radius 3 is 2.58 bits per heavy atom. The maximum atomic E-state index is 12.5. The fraction of sp³-hybridized carbons (Fsp3) is 0.0476. The van der Waals surface area contributed by atoms with Crippen LogP contribution in [0.15, 0.2) is 65.2 Å². The lowest BCUT2D eigenvalue weighted by Crippen LogP contribution is -2.28. The number of rotatable bonds is 7. The fourth-order valence-corrected chi connectivity index (χ4v) is 3.19. The van der Waals surface area contributed by atoms with Crippen LogP contribution in [0.3, 0.4) is 0 Å². The van der Waals surface area contributed by atoms with Gasteiger partial charge in [0.1, 0.15) is 11.4 Å². The molecular weight excluding hydrogens is 468 g/mol. The smallest absolute Gasteiger partial charge is 0.352 e. The van der Waals surface area contributed by atoms with Gasteiger partial charge in [-0.2, -0.15) is 0 Å². The highest BCUT2D eigenvalue weighted by atomic mass is 79.9. The maximum Gasteiger partial charge on any atom is 0.352 e. The molecule has 0 radical (unpaired) electrons. The van der Waals surface area contributed by atoms with Gasteiger partial charge in [0, 0.05) is 16.6 Å². The second-order valence-electron chi connectivity index (χ2n) is 6.37. The van der Waals surface area contributed by atoms with Crippen molar-refractivity contribution in [3.8, 4) is 5.75 Å². The number of aliphatic carboxylic acids is 1. The molecule has 1 aromatic heterocycles. The second kappa shape index (κ2) is 9.72. The second-order valence-corrected chi connectivity index (χ2v) is 7.23. The number of aromatic hydroxyl groups is 1. The summed E-state index contributed by atoms with van der Waals surface area (Å²) in [6, 6.07) is 10.8. The highest BCUT2D eigenvalue weighted by Crippen LogP contribution is 2.20. The molecular formula is C21H17BrN4O5. The molecule has 0 bridgehead atoms. The number of halogens is 1. The van der Waals surface area contributed by atoms with E-state index in [9.17, 15) is 24.6 Å². The number of imidazole rings is 1. The summed E-state index contributed by atoms with van der Waals surface area (Å²) in [7, 11) is 0. The zero-order valence-electron chi connectivity index (χ0n) is 15.9. The minimum Gasteiger partial charge on any atom is -0.508 e. The molecule has 3 rings (SSSR count). The molecule has 158 valence electrons. The first-order valence-corrected chi connectivity index (χ1v) is 9.73. The van der Waals surface area contributed by atoms with Gasteiger partial charge in [0.2, 0.25) is 0 Å². The summed E-state index contributed by atoms with van der Waals surface area (Å²) in [5.41, 5.74) is 1.26. The lowest BCUT2D eigenvalue weighted by atomic mass is 10.1. The molecule has 31 heavy (non-hydrogen) atoms. The maximum absolute atomic E-state index is 12.5. The van der Waals surface area contributed by atoms with Crippen molar-refractivity contribution in [2.45, 2.75) is 6.54 Å². The number of phenolic OH excluding ortho intramolecular Hbond substituents is 1. The molecule has 2 amide bonds. The summed E-state index contributed by atoms with van der Waals surface area (Å²) in [4.78, 5) is 42.9. The molecule has 1 heterocycles. The molecule has 0 aliphatic rings. The molecule has 0 fully saturated rings. The van der Waals surface area contributed by atoms with Crippen LogP contribution in [0.1, 0.15) is 32.0 Å². The average Bonchev–Trinajstić information content (AvgIpc) is 3.24. The molecule has 0 saturated carbocycles. The fourth-order valence-electron chi connectivity index (χ4n) is 2.63. The van der Waals surface area contributed by atoms with Gasteiger partial charge in [0.15, 0.2) is 0 Å². The van der Waals surface area contributed by atoms with Gasteiger partial charge in [-0.3, -0.25) is 9.59 Å². The number of H-pyrrole nitrogens is 1. The minimum atomic E-state index is -1.32. The van der Waals surface area contributed by atoms with Crippen LogP contribution in [0.5, 0.6) is 5.75 Å².